The van der Waals surface area contributed by atoms with Gasteiger partial charge in [-0.1, -0.05) is 24.3 Å². The zero-order valence-electron chi connectivity index (χ0n) is 16.1. The van der Waals surface area contributed by atoms with Crippen molar-refractivity contribution in [2.45, 2.75) is 26.7 Å². The number of para-hydroxylation sites is 1. The van der Waals surface area contributed by atoms with Gasteiger partial charge in [-0.15, -0.1) is 0 Å². The molecule has 7 heteroatoms. The lowest BCUT2D eigenvalue weighted by Gasteiger charge is -2.10. The van der Waals surface area contributed by atoms with Crippen LogP contribution in [-0.2, 0) is 11.2 Å². The Morgan fingerprint density at radius 3 is 2.34 bits per heavy atom. The van der Waals surface area contributed by atoms with Crippen molar-refractivity contribution in [3.63, 3.8) is 0 Å². The lowest BCUT2D eigenvalue weighted by Crippen LogP contribution is -2.41. The van der Waals surface area contributed by atoms with Crippen LogP contribution in [0.3, 0.4) is 0 Å². The fourth-order valence-corrected chi connectivity index (χ4v) is 3.18. The average Bonchev–Trinajstić information content (AvgIpc) is 3.01. The molecule has 2 amide bonds. The van der Waals surface area contributed by atoms with Gasteiger partial charge >= 0.3 is 0 Å². The van der Waals surface area contributed by atoms with E-state index in [4.69, 9.17) is 0 Å². The van der Waals surface area contributed by atoms with Gasteiger partial charge in [0, 0.05) is 23.5 Å². The first kappa shape index (κ1) is 20.3. The molecule has 150 valence electrons. The second-order valence-electron chi connectivity index (χ2n) is 6.71. The third kappa shape index (κ3) is 4.68. The molecule has 0 spiro atoms. The lowest BCUT2D eigenvalue weighted by atomic mass is 10.1. The van der Waals surface area contributed by atoms with Crippen LogP contribution < -0.4 is 10.9 Å². The maximum absolute atomic E-state index is 13.2. The largest absolute Gasteiger partial charge is 0.318 e. The van der Waals surface area contributed by atoms with Gasteiger partial charge in [-0.05, 0) is 56.2 Å². The van der Waals surface area contributed by atoms with Crippen LogP contribution in [0.1, 0.15) is 33.7 Å². The van der Waals surface area contributed by atoms with E-state index in [2.05, 4.69) is 10.9 Å². The molecule has 0 bridgehead atoms. The smallest absolute Gasteiger partial charge is 0.271 e. The Kier molecular flexibility index (Phi) is 6.07. The number of benzene rings is 2. The Balaban J connectivity index is 1.59. The van der Waals surface area contributed by atoms with Crippen molar-refractivity contribution < 1.29 is 18.4 Å². The number of amides is 2. The van der Waals surface area contributed by atoms with Gasteiger partial charge in [-0.25, -0.2) is 8.78 Å². The van der Waals surface area contributed by atoms with Crippen molar-refractivity contribution in [1.29, 1.82) is 0 Å². The number of rotatable bonds is 5. The average molecular weight is 397 g/mol. The standard InChI is InChI=1S/C22H21F2N3O2/c1-14-12-18(15(2)27(14)17-6-4-3-5-7-17)22(29)26-25-21(28)11-9-16-8-10-19(23)20(24)13-16/h3-8,10,12-13H,9,11H2,1-2H3,(H,25,28)(H,26,29). The molecule has 3 aromatic rings. The molecule has 3 rings (SSSR count). The number of hydrogen-bond acceptors (Lipinski definition) is 2. The molecule has 5 nitrogen and oxygen atoms in total. The molecule has 29 heavy (non-hydrogen) atoms. The van der Waals surface area contributed by atoms with E-state index in [1.54, 1.807) is 6.07 Å². The van der Waals surface area contributed by atoms with Gasteiger partial charge in [0.1, 0.15) is 0 Å². The van der Waals surface area contributed by atoms with Crippen molar-refractivity contribution in [1.82, 2.24) is 15.4 Å². The first-order valence-electron chi connectivity index (χ1n) is 9.14. The minimum atomic E-state index is -0.954. The molecule has 0 aliphatic carbocycles. The Morgan fingerprint density at radius 2 is 1.66 bits per heavy atom. The predicted molar refractivity (Wildman–Crippen MR) is 106 cm³/mol. The number of nitrogens with zero attached hydrogens (tertiary/aromatic N) is 1. The van der Waals surface area contributed by atoms with Crippen molar-refractivity contribution in [3.05, 3.63) is 88.7 Å². The SMILES string of the molecule is Cc1cc(C(=O)NNC(=O)CCc2ccc(F)c(F)c2)c(C)n1-c1ccccc1. The summed E-state index contributed by atoms with van der Waals surface area (Å²) in [5.41, 5.74) is 8.29. The van der Waals surface area contributed by atoms with E-state index in [1.165, 1.54) is 6.07 Å². The van der Waals surface area contributed by atoms with Crippen molar-refractivity contribution in [3.8, 4) is 5.69 Å². The Morgan fingerprint density at radius 1 is 0.931 bits per heavy atom. The third-order valence-electron chi connectivity index (χ3n) is 4.63. The van der Waals surface area contributed by atoms with E-state index < -0.39 is 23.4 Å². The number of aryl methyl sites for hydroxylation is 2. The second kappa shape index (κ2) is 8.68. The molecule has 0 unspecified atom stereocenters. The summed E-state index contributed by atoms with van der Waals surface area (Å²) >= 11 is 0. The van der Waals surface area contributed by atoms with E-state index >= 15 is 0 Å². The van der Waals surface area contributed by atoms with Gasteiger partial charge in [-0.3, -0.25) is 20.4 Å². The number of halogens is 2. The zero-order valence-corrected chi connectivity index (χ0v) is 16.1. The summed E-state index contributed by atoms with van der Waals surface area (Å²) in [4.78, 5) is 24.5. The first-order valence-corrected chi connectivity index (χ1v) is 9.14. The zero-order chi connectivity index (χ0) is 21.0. The van der Waals surface area contributed by atoms with Gasteiger partial charge < -0.3 is 4.57 Å². The minimum Gasteiger partial charge on any atom is -0.318 e. The third-order valence-corrected chi connectivity index (χ3v) is 4.63. The molecule has 1 aromatic heterocycles. The number of carbonyl (C=O) groups excluding carboxylic acids is 2. The Bertz CT molecular complexity index is 1050. The van der Waals surface area contributed by atoms with Crippen LogP contribution in [0.2, 0.25) is 0 Å². The molecular weight excluding hydrogens is 376 g/mol. The summed E-state index contributed by atoms with van der Waals surface area (Å²) < 4.78 is 28.1. The highest BCUT2D eigenvalue weighted by atomic mass is 19.2. The van der Waals surface area contributed by atoms with E-state index in [1.807, 2.05) is 48.7 Å². The van der Waals surface area contributed by atoms with Crippen LogP contribution in [0.15, 0.2) is 54.6 Å². The maximum atomic E-state index is 13.2. The molecular formula is C22H21F2N3O2. The minimum absolute atomic E-state index is 0.0222. The highest BCUT2D eigenvalue weighted by Crippen LogP contribution is 2.20. The first-order chi connectivity index (χ1) is 13.9. The van der Waals surface area contributed by atoms with Gasteiger partial charge in [0.25, 0.3) is 5.91 Å². The van der Waals surface area contributed by atoms with E-state index in [0.29, 0.717) is 11.1 Å². The quantitative estimate of drug-likeness (QED) is 0.644. The fraction of sp³-hybridized carbons (Fsp3) is 0.182. The predicted octanol–water partition coefficient (Wildman–Crippen LogP) is 3.77. The van der Waals surface area contributed by atoms with Crippen molar-refractivity contribution in [2.75, 3.05) is 0 Å². The number of aromatic nitrogens is 1. The van der Waals surface area contributed by atoms with Gasteiger partial charge in [-0.2, -0.15) is 0 Å². The Hall–Kier alpha value is -3.48. The van der Waals surface area contributed by atoms with Crippen LogP contribution in [-0.4, -0.2) is 16.4 Å². The number of carbonyl (C=O) groups is 2. The molecule has 2 aromatic carbocycles. The van der Waals surface area contributed by atoms with E-state index in [9.17, 15) is 18.4 Å². The molecule has 0 fully saturated rings. The molecule has 2 N–H and O–H groups in total. The highest BCUT2D eigenvalue weighted by molar-refractivity contribution is 5.97. The summed E-state index contributed by atoms with van der Waals surface area (Å²) in [6, 6.07) is 14.9. The molecule has 0 aliphatic heterocycles. The summed E-state index contributed by atoms with van der Waals surface area (Å²) in [5, 5.41) is 0. The fourth-order valence-electron chi connectivity index (χ4n) is 3.18. The normalized spacial score (nSPS) is 10.6. The Labute approximate surface area is 167 Å². The van der Waals surface area contributed by atoms with Gasteiger partial charge in [0.2, 0.25) is 5.91 Å². The molecule has 1 heterocycles. The van der Waals surface area contributed by atoms with Crippen LogP contribution in [0, 0.1) is 25.5 Å². The number of hydrazine groups is 1. The van der Waals surface area contributed by atoms with Gasteiger partial charge in [0.05, 0.1) is 5.56 Å². The van der Waals surface area contributed by atoms with Crippen LogP contribution in [0.4, 0.5) is 8.78 Å². The monoisotopic (exact) mass is 397 g/mol. The van der Waals surface area contributed by atoms with E-state index in [-0.39, 0.29) is 12.8 Å². The van der Waals surface area contributed by atoms with Crippen molar-refractivity contribution >= 4 is 11.8 Å². The number of hydrogen-bond donors (Lipinski definition) is 2. The molecule has 0 radical (unpaired) electrons. The van der Waals surface area contributed by atoms with Crippen LogP contribution in [0.5, 0.6) is 0 Å². The maximum Gasteiger partial charge on any atom is 0.271 e. The topological polar surface area (TPSA) is 63.1 Å². The molecule has 0 atom stereocenters. The second-order valence-corrected chi connectivity index (χ2v) is 6.71. The van der Waals surface area contributed by atoms with Crippen LogP contribution >= 0.6 is 0 Å². The van der Waals surface area contributed by atoms with Crippen LogP contribution in [0.25, 0.3) is 5.69 Å². The summed E-state index contributed by atoms with van der Waals surface area (Å²) in [6.45, 7) is 3.73. The highest BCUT2D eigenvalue weighted by Gasteiger charge is 2.17. The molecule has 0 aliphatic rings. The van der Waals surface area contributed by atoms with E-state index in [0.717, 1.165) is 29.2 Å². The van der Waals surface area contributed by atoms with Crippen molar-refractivity contribution in [2.24, 2.45) is 0 Å². The summed E-state index contributed by atoms with van der Waals surface area (Å²) in [5.74, 6) is -2.75. The lowest BCUT2D eigenvalue weighted by molar-refractivity contribution is -0.121. The van der Waals surface area contributed by atoms with Gasteiger partial charge in [0.15, 0.2) is 11.6 Å². The number of nitrogens with one attached hydrogen (secondary N) is 2. The summed E-state index contributed by atoms with van der Waals surface area (Å²) in [6.07, 6.45) is 0.246. The molecule has 0 saturated heterocycles. The summed E-state index contributed by atoms with van der Waals surface area (Å²) in [7, 11) is 0. The molecule has 0 saturated carbocycles.